The molecule has 0 spiro atoms. The Morgan fingerprint density at radius 2 is 2.06 bits per heavy atom. The number of hydrogen-bond acceptors (Lipinski definition) is 3. The minimum Gasteiger partial charge on any atom is -0.373 e. The summed E-state index contributed by atoms with van der Waals surface area (Å²) >= 11 is 0. The minimum atomic E-state index is 0.767. The molecule has 0 saturated heterocycles. The van der Waals surface area contributed by atoms with Gasteiger partial charge in [0.05, 0.1) is 5.69 Å². The standard InChI is InChI=1S/C15H25N3/c1-3-18(14-9-5-4-6-10-14)12-13-8-7-11-15(16-2)17-13/h7-8,11,14H,3-6,9-10,12H2,1-2H3,(H,16,17). The summed E-state index contributed by atoms with van der Waals surface area (Å²) in [6.45, 7) is 4.36. The zero-order chi connectivity index (χ0) is 12.8. The summed E-state index contributed by atoms with van der Waals surface area (Å²) in [6, 6.07) is 7.00. The van der Waals surface area contributed by atoms with Crippen LogP contribution in [0.3, 0.4) is 0 Å². The van der Waals surface area contributed by atoms with Crippen molar-refractivity contribution in [2.24, 2.45) is 0 Å². The van der Waals surface area contributed by atoms with Crippen LogP contribution < -0.4 is 5.32 Å². The topological polar surface area (TPSA) is 28.2 Å². The number of hydrogen-bond donors (Lipinski definition) is 1. The Labute approximate surface area is 111 Å². The third-order valence-electron chi connectivity index (χ3n) is 3.93. The van der Waals surface area contributed by atoms with Crippen LogP contribution >= 0.6 is 0 Å². The van der Waals surface area contributed by atoms with E-state index >= 15 is 0 Å². The van der Waals surface area contributed by atoms with E-state index in [4.69, 9.17) is 0 Å². The van der Waals surface area contributed by atoms with Crippen molar-refractivity contribution >= 4 is 5.82 Å². The molecule has 0 radical (unpaired) electrons. The molecule has 1 N–H and O–H groups in total. The molecule has 3 heteroatoms. The van der Waals surface area contributed by atoms with Crippen LogP contribution in [0.1, 0.15) is 44.7 Å². The van der Waals surface area contributed by atoms with Gasteiger partial charge in [0.2, 0.25) is 0 Å². The Balaban J connectivity index is 1.99. The predicted molar refractivity (Wildman–Crippen MR) is 76.7 cm³/mol. The number of anilines is 1. The highest BCUT2D eigenvalue weighted by Gasteiger charge is 2.20. The summed E-state index contributed by atoms with van der Waals surface area (Å²) in [5.41, 5.74) is 1.18. The van der Waals surface area contributed by atoms with Crippen LogP contribution in [0.2, 0.25) is 0 Å². The summed E-state index contributed by atoms with van der Waals surface area (Å²) in [4.78, 5) is 7.21. The van der Waals surface area contributed by atoms with Gasteiger partial charge < -0.3 is 5.32 Å². The molecule has 0 amide bonds. The van der Waals surface area contributed by atoms with E-state index in [2.05, 4.69) is 34.3 Å². The molecule has 1 heterocycles. The van der Waals surface area contributed by atoms with Gasteiger partial charge in [0.1, 0.15) is 5.82 Å². The fourth-order valence-corrected chi connectivity index (χ4v) is 2.86. The molecule has 1 aliphatic carbocycles. The predicted octanol–water partition coefficient (Wildman–Crippen LogP) is 3.28. The van der Waals surface area contributed by atoms with Crippen LogP contribution in [0.5, 0.6) is 0 Å². The number of nitrogens with zero attached hydrogens (tertiary/aromatic N) is 2. The lowest BCUT2D eigenvalue weighted by Crippen LogP contribution is -2.36. The molecule has 1 fully saturated rings. The molecule has 1 aliphatic rings. The lowest BCUT2D eigenvalue weighted by molar-refractivity contribution is 0.154. The van der Waals surface area contributed by atoms with Crippen molar-refractivity contribution in [3.63, 3.8) is 0 Å². The summed E-state index contributed by atoms with van der Waals surface area (Å²) in [5.74, 6) is 0.965. The van der Waals surface area contributed by atoms with Crippen molar-refractivity contribution in [2.75, 3.05) is 18.9 Å². The second kappa shape index (κ2) is 6.74. The highest BCUT2D eigenvalue weighted by Crippen LogP contribution is 2.23. The number of rotatable bonds is 5. The van der Waals surface area contributed by atoms with Gasteiger partial charge in [0.15, 0.2) is 0 Å². The van der Waals surface area contributed by atoms with Gasteiger partial charge in [0, 0.05) is 19.6 Å². The number of aromatic nitrogens is 1. The fourth-order valence-electron chi connectivity index (χ4n) is 2.86. The minimum absolute atomic E-state index is 0.767. The van der Waals surface area contributed by atoms with E-state index in [1.165, 1.54) is 37.8 Å². The van der Waals surface area contributed by atoms with Gasteiger partial charge in [-0.05, 0) is 31.5 Å². The molecule has 1 aromatic heterocycles. The fraction of sp³-hybridized carbons (Fsp3) is 0.667. The lowest BCUT2D eigenvalue weighted by Gasteiger charge is -2.33. The first-order valence-corrected chi connectivity index (χ1v) is 7.21. The third kappa shape index (κ3) is 3.45. The van der Waals surface area contributed by atoms with Crippen molar-refractivity contribution in [3.05, 3.63) is 23.9 Å². The number of nitrogens with one attached hydrogen (secondary N) is 1. The van der Waals surface area contributed by atoms with Gasteiger partial charge in [-0.3, -0.25) is 4.90 Å². The first-order chi connectivity index (χ1) is 8.83. The van der Waals surface area contributed by atoms with E-state index in [0.29, 0.717) is 0 Å². The Morgan fingerprint density at radius 1 is 1.28 bits per heavy atom. The van der Waals surface area contributed by atoms with Crippen LogP contribution in [0.4, 0.5) is 5.82 Å². The first kappa shape index (κ1) is 13.3. The monoisotopic (exact) mass is 247 g/mol. The quantitative estimate of drug-likeness (QED) is 0.865. The molecule has 0 bridgehead atoms. The molecule has 100 valence electrons. The smallest absolute Gasteiger partial charge is 0.126 e. The van der Waals surface area contributed by atoms with E-state index in [0.717, 1.165) is 24.9 Å². The SMILES string of the molecule is CCN(Cc1cccc(NC)n1)C1CCCCC1. The van der Waals surface area contributed by atoms with Crippen molar-refractivity contribution < 1.29 is 0 Å². The van der Waals surface area contributed by atoms with Crippen LogP contribution in [0, 0.1) is 0 Å². The zero-order valence-electron chi connectivity index (χ0n) is 11.7. The van der Waals surface area contributed by atoms with Crippen molar-refractivity contribution in [2.45, 2.75) is 51.6 Å². The van der Waals surface area contributed by atoms with Gasteiger partial charge in [-0.2, -0.15) is 0 Å². The van der Waals surface area contributed by atoms with Crippen LogP contribution in [-0.4, -0.2) is 29.5 Å². The highest BCUT2D eigenvalue weighted by molar-refractivity contribution is 5.34. The molecule has 18 heavy (non-hydrogen) atoms. The molecule has 1 aromatic rings. The van der Waals surface area contributed by atoms with E-state index in [9.17, 15) is 0 Å². The molecule has 0 aromatic carbocycles. The van der Waals surface area contributed by atoms with Crippen LogP contribution in [-0.2, 0) is 6.54 Å². The molecule has 1 saturated carbocycles. The second-order valence-corrected chi connectivity index (χ2v) is 5.12. The molecule has 0 aliphatic heterocycles. The maximum Gasteiger partial charge on any atom is 0.126 e. The second-order valence-electron chi connectivity index (χ2n) is 5.12. The average molecular weight is 247 g/mol. The Kier molecular flexibility index (Phi) is 5.00. The van der Waals surface area contributed by atoms with Gasteiger partial charge >= 0.3 is 0 Å². The summed E-state index contributed by atoms with van der Waals surface area (Å²) in [5, 5.41) is 3.11. The molecule has 2 rings (SSSR count). The summed E-state index contributed by atoms with van der Waals surface area (Å²) in [7, 11) is 1.92. The Morgan fingerprint density at radius 3 is 2.72 bits per heavy atom. The molecule has 0 unspecified atom stereocenters. The van der Waals surface area contributed by atoms with E-state index in [-0.39, 0.29) is 0 Å². The van der Waals surface area contributed by atoms with Gasteiger partial charge in [-0.15, -0.1) is 0 Å². The van der Waals surface area contributed by atoms with E-state index < -0.39 is 0 Å². The third-order valence-corrected chi connectivity index (χ3v) is 3.93. The van der Waals surface area contributed by atoms with E-state index in [1.807, 2.05) is 13.1 Å². The zero-order valence-corrected chi connectivity index (χ0v) is 11.7. The largest absolute Gasteiger partial charge is 0.373 e. The van der Waals surface area contributed by atoms with Crippen molar-refractivity contribution in [1.82, 2.24) is 9.88 Å². The van der Waals surface area contributed by atoms with Gasteiger partial charge in [-0.1, -0.05) is 32.3 Å². The van der Waals surface area contributed by atoms with E-state index in [1.54, 1.807) is 0 Å². The summed E-state index contributed by atoms with van der Waals surface area (Å²) < 4.78 is 0. The van der Waals surface area contributed by atoms with Crippen molar-refractivity contribution in [1.29, 1.82) is 0 Å². The van der Waals surface area contributed by atoms with Crippen LogP contribution in [0.25, 0.3) is 0 Å². The average Bonchev–Trinajstić information content (AvgIpc) is 2.46. The Bertz CT molecular complexity index is 359. The maximum absolute atomic E-state index is 4.62. The van der Waals surface area contributed by atoms with Gasteiger partial charge in [0.25, 0.3) is 0 Å². The molecular formula is C15H25N3. The summed E-state index contributed by atoms with van der Waals surface area (Å²) in [6.07, 6.45) is 6.93. The highest BCUT2D eigenvalue weighted by atomic mass is 15.2. The molecular weight excluding hydrogens is 222 g/mol. The number of pyridine rings is 1. The first-order valence-electron chi connectivity index (χ1n) is 7.21. The van der Waals surface area contributed by atoms with Crippen molar-refractivity contribution in [3.8, 4) is 0 Å². The van der Waals surface area contributed by atoms with Crippen LogP contribution in [0.15, 0.2) is 18.2 Å². The molecule has 0 atom stereocenters. The normalized spacial score (nSPS) is 17.1. The lowest BCUT2D eigenvalue weighted by atomic mass is 9.94. The Hall–Kier alpha value is -1.09. The molecule has 3 nitrogen and oxygen atoms in total. The van der Waals surface area contributed by atoms with Gasteiger partial charge in [-0.25, -0.2) is 4.98 Å². The maximum atomic E-state index is 4.62.